The van der Waals surface area contributed by atoms with E-state index in [1.807, 2.05) is 24.3 Å². The Balaban J connectivity index is 1.92. The largest absolute Gasteiger partial charge is 0.476 e. The molecule has 0 saturated heterocycles. The zero-order valence-corrected chi connectivity index (χ0v) is 11.5. The molecule has 0 aliphatic carbocycles. The molecule has 0 unspecified atom stereocenters. The molecular weight excluding hydrogens is 266 g/mol. The van der Waals surface area contributed by atoms with Crippen LogP contribution < -0.4 is 10.7 Å². The van der Waals surface area contributed by atoms with Crippen LogP contribution in [0.4, 0.5) is 0 Å². The lowest BCUT2D eigenvalue weighted by molar-refractivity contribution is 0.352. The summed E-state index contributed by atoms with van der Waals surface area (Å²) in [5.41, 5.74) is 0. The second-order valence-electron chi connectivity index (χ2n) is 4.92. The summed E-state index contributed by atoms with van der Waals surface area (Å²) in [4.78, 5) is 12.0. The zero-order valence-electron chi connectivity index (χ0n) is 11.5. The average molecular weight is 281 g/mol. The smallest absolute Gasteiger partial charge is 0.210 e. The first-order valence-electron chi connectivity index (χ1n) is 7.05. The van der Waals surface area contributed by atoms with Gasteiger partial charge in [0.1, 0.15) is 13.2 Å². The Morgan fingerprint density at radius 2 is 1.38 bits per heavy atom. The van der Waals surface area contributed by atoms with Crippen LogP contribution >= 0.6 is 0 Å². The molecule has 4 rings (SSSR count). The van der Waals surface area contributed by atoms with Crippen molar-refractivity contribution in [1.29, 1.82) is 0 Å². The number of ether oxygens (including phenoxy) is 2. The molecule has 1 aromatic carbocycles. The Kier molecular flexibility index (Phi) is 2.96. The van der Waals surface area contributed by atoms with Crippen molar-refractivity contribution >= 4 is 34.7 Å². The lowest BCUT2D eigenvalue weighted by Gasteiger charge is -1.92. The number of nitrogens with zero attached hydrogens (tertiary/aromatic N) is 2. The van der Waals surface area contributed by atoms with E-state index in [0.29, 0.717) is 25.0 Å². The summed E-state index contributed by atoms with van der Waals surface area (Å²) >= 11 is 0. The van der Waals surface area contributed by atoms with Crippen LogP contribution in [0.25, 0.3) is 22.9 Å². The van der Waals surface area contributed by atoms with Crippen molar-refractivity contribution in [3.8, 4) is 0 Å². The molecule has 0 spiro atoms. The number of rotatable bonds is 2. The van der Waals surface area contributed by atoms with Gasteiger partial charge in [0, 0.05) is 22.9 Å². The summed E-state index contributed by atoms with van der Waals surface area (Å²) in [5, 5.41) is 4.27. The third-order valence-electron chi connectivity index (χ3n) is 3.53. The number of aliphatic imine (C=N–C) groups is 2. The van der Waals surface area contributed by atoms with Crippen LogP contribution in [0.1, 0.15) is 0 Å². The zero-order chi connectivity index (χ0) is 14.1. The van der Waals surface area contributed by atoms with E-state index < -0.39 is 0 Å². The van der Waals surface area contributed by atoms with Gasteiger partial charge in [-0.1, -0.05) is 24.3 Å². The maximum Gasteiger partial charge on any atom is 0.210 e. The summed E-state index contributed by atoms with van der Waals surface area (Å²) < 4.78 is 10.9. The van der Waals surface area contributed by atoms with Crippen LogP contribution in [-0.4, -0.2) is 43.1 Å². The van der Waals surface area contributed by atoms with E-state index in [-0.39, 0.29) is 0 Å². The first kappa shape index (κ1) is 12.2. The second kappa shape index (κ2) is 5.09. The van der Waals surface area contributed by atoms with Gasteiger partial charge in [-0.25, -0.2) is 9.98 Å². The molecule has 2 aliphatic rings. The van der Waals surface area contributed by atoms with Crippen LogP contribution in [0.5, 0.6) is 0 Å². The first-order chi connectivity index (χ1) is 10.4. The maximum absolute atomic E-state index is 5.46. The minimum Gasteiger partial charge on any atom is -0.476 e. The predicted octanol–water partition coefficient (Wildman–Crippen LogP) is 0.586. The Hall–Kier alpha value is -2.56. The van der Waals surface area contributed by atoms with E-state index in [1.54, 1.807) is 0 Å². The van der Waals surface area contributed by atoms with Gasteiger partial charge in [0.15, 0.2) is 0 Å². The molecular formula is C16H15N3O2. The van der Waals surface area contributed by atoms with Crippen molar-refractivity contribution in [3.63, 3.8) is 0 Å². The lowest BCUT2D eigenvalue weighted by atomic mass is 10.2. The molecule has 0 radical (unpaired) electrons. The van der Waals surface area contributed by atoms with Crippen molar-refractivity contribution in [3.05, 3.63) is 35.0 Å². The van der Waals surface area contributed by atoms with Crippen LogP contribution in [0.3, 0.4) is 0 Å². The minimum atomic E-state index is 0.661. The number of nitrogens with one attached hydrogen (secondary N) is 1. The molecule has 0 bridgehead atoms. The maximum atomic E-state index is 5.46. The van der Waals surface area contributed by atoms with Crippen LogP contribution in [-0.2, 0) is 9.47 Å². The minimum absolute atomic E-state index is 0.661. The van der Waals surface area contributed by atoms with E-state index in [0.717, 1.165) is 34.6 Å². The quantitative estimate of drug-likeness (QED) is 0.875. The predicted molar refractivity (Wildman–Crippen MR) is 83.0 cm³/mol. The molecule has 106 valence electrons. The molecule has 1 aromatic heterocycles. The van der Waals surface area contributed by atoms with E-state index in [2.05, 4.69) is 27.1 Å². The summed E-state index contributed by atoms with van der Waals surface area (Å²) in [7, 11) is 0. The summed E-state index contributed by atoms with van der Waals surface area (Å²) in [6.45, 7) is 2.78. The van der Waals surface area contributed by atoms with Crippen molar-refractivity contribution < 1.29 is 9.47 Å². The third kappa shape index (κ3) is 2.31. The van der Waals surface area contributed by atoms with Gasteiger partial charge in [-0.15, -0.1) is 0 Å². The number of fused-ring (bicyclic) bond motifs is 1. The highest BCUT2D eigenvalue weighted by Gasteiger charge is 2.08. The van der Waals surface area contributed by atoms with Crippen molar-refractivity contribution in [2.45, 2.75) is 0 Å². The molecule has 0 saturated carbocycles. The van der Waals surface area contributed by atoms with E-state index in [1.165, 1.54) is 0 Å². The SMILES string of the molecule is C(/C1=NCCO1)=c1/[nH]/c(=C/C2=NCCO2)c2ccccc12. The molecule has 3 heterocycles. The van der Waals surface area contributed by atoms with Gasteiger partial charge in [0.25, 0.3) is 0 Å². The van der Waals surface area contributed by atoms with Gasteiger partial charge in [-0.05, 0) is 0 Å². The summed E-state index contributed by atoms with van der Waals surface area (Å²) in [6, 6.07) is 8.22. The van der Waals surface area contributed by atoms with E-state index >= 15 is 0 Å². The number of hydrogen-bond donors (Lipinski definition) is 1. The highest BCUT2D eigenvalue weighted by atomic mass is 16.5. The van der Waals surface area contributed by atoms with Gasteiger partial charge in [-0.3, -0.25) is 0 Å². The fraction of sp³-hybridized carbons (Fsp3) is 0.250. The lowest BCUT2D eigenvalue weighted by Crippen LogP contribution is -2.14. The number of benzene rings is 1. The molecule has 2 aliphatic heterocycles. The number of aromatic nitrogens is 1. The van der Waals surface area contributed by atoms with Gasteiger partial charge in [0.05, 0.1) is 23.8 Å². The van der Waals surface area contributed by atoms with Gasteiger partial charge >= 0.3 is 0 Å². The molecule has 0 amide bonds. The second-order valence-corrected chi connectivity index (χ2v) is 4.92. The van der Waals surface area contributed by atoms with Gasteiger partial charge < -0.3 is 14.5 Å². The van der Waals surface area contributed by atoms with Crippen LogP contribution in [0.2, 0.25) is 0 Å². The Morgan fingerprint density at radius 3 is 1.81 bits per heavy atom. The van der Waals surface area contributed by atoms with Gasteiger partial charge in [-0.2, -0.15) is 0 Å². The highest BCUT2D eigenvalue weighted by molar-refractivity contribution is 6.08. The van der Waals surface area contributed by atoms with Crippen LogP contribution in [0.15, 0.2) is 34.3 Å². The normalized spacial score (nSPS) is 19.6. The highest BCUT2D eigenvalue weighted by Crippen LogP contribution is 2.05. The Morgan fingerprint density at radius 1 is 0.857 bits per heavy atom. The molecule has 2 aromatic rings. The number of hydrogen-bond acceptors (Lipinski definition) is 4. The fourth-order valence-electron chi connectivity index (χ4n) is 2.59. The summed E-state index contributed by atoms with van der Waals surface area (Å²) in [5.74, 6) is 1.37. The standard InChI is InChI=1S/C16H15N3O2/c1-2-4-12-11(3-1)13(9-15-17-5-7-20-15)19-14(12)10-16-18-6-8-21-16/h1-4,9-10,19H,5-8H2/b13-9-,14-10+. The van der Waals surface area contributed by atoms with Crippen LogP contribution in [0, 0.1) is 0 Å². The van der Waals surface area contributed by atoms with Crippen molar-refractivity contribution in [2.24, 2.45) is 9.98 Å². The van der Waals surface area contributed by atoms with Gasteiger partial charge in [0.2, 0.25) is 11.8 Å². The fourth-order valence-corrected chi connectivity index (χ4v) is 2.59. The molecule has 1 N–H and O–H groups in total. The molecule has 5 nitrogen and oxygen atoms in total. The Bertz CT molecular complexity index is 791. The van der Waals surface area contributed by atoms with Crippen molar-refractivity contribution in [1.82, 2.24) is 4.98 Å². The number of aromatic amines is 1. The first-order valence-corrected chi connectivity index (χ1v) is 7.05. The monoisotopic (exact) mass is 281 g/mol. The topological polar surface area (TPSA) is 59.0 Å². The number of H-pyrrole nitrogens is 1. The summed E-state index contributed by atoms with van der Waals surface area (Å²) in [6.07, 6.45) is 3.90. The third-order valence-corrected chi connectivity index (χ3v) is 3.53. The Labute approximate surface area is 121 Å². The molecule has 0 atom stereocenters. The van der Waals surface area contributed by atoms with E-state index in [4.69, 9.17) is 9.47 Å². The molecule has 21 heavy (non-hydrogen) atoms. The average Bonchev–Trinajstić information content (AvgIpc) is 3.23. The van der Waals surface area contributed by atoms with Crippen molar-refractivity contribution in [2.75, 3.05) is 26.3 Å². The molecule has 5 heteroatoms. The molecule has 0 fully saturated rings. The van der Waals surface area contributed by atoms with E-state index in [9.17, 15) is 0 Å².